The molecular weight excluding hydrogens is 861 g/mol. The number of nitriles is 3. The van der Waals surface area contributed by atoms with Crippen LogP contribution in [0.1, 0.15) is 43.0 Å². The van der Waals surface area contributed by atoms with Crippen LogP contribution in [-0.2, 0) is 4.43 Å². The van der Waals surface area contributed by atoms with Crippen LogP contribution in [0.2, 0.25) is 18.1 Å². The molecule has 67 heavy (non-hydrogen) atoms. The largest absolute Gasteiger partial charge is 0.491 e. The van der Waals surface area contributed by atoms with E-state index in [2.05, 4.69) is 73.1 Å². The maximum absolute atomic E-state index is 9.27. The average molecular weight is 909 g/mol. The van der Waals surface area contributed by atoms with E-state index in [-0.39, 0.29) is 18.3 Å². The minimum absolute atomic E-state index is 0.0305. The molecule has 0 saturated carbocycles. The first-order chi connectivity index (χ1) is 32.3. The van der Waals surface area contributed by atoms with Crippen molar-refractivity contribution in [2.24, 2.45) is 0 Å². The van der Waals surface area contributed by atoms with Crippen molar-refractivity contribution in [3.63, 3.8) is 0 Å². The quantitative estimate of drug-likeness (QED) is 0.0951. The van der Waals surface area contributed by atoms with Crippen LogP contribution in [0.5, 0.6) is 11.5 Å². The highest BCUT2D eigenvalue weighted by atomic mass is 28.4. The molecule has 0 saturated heterocycles. The fraction of sp³-hybridized carbons (Fsp3) is 0.208. The lowest BCUT2D eigenvalue weighted by Crippen LogP contribution is -2.41. The topological polar surface area (TPSA) is 197 Å². The Morgan fingerprint density at radius 1 is 0.552 bits per heavy atom. The zero-order valence-electron chi connectivity index (χ0n) is 38.0. The van der Waals surface area contributed by atoms with E-state index < -0.39 is 8.32 Å². The maximum atomic E-state index is 9.27. The Labute approximate surface area is 389 Å². The Morgan fingerprint density at radius 2 is 0.955 bits per heavy atom. The van der Waals surface area contributed by atoms with Crippen LogP contribution in [0, 0.1) is 40.9 Å². The molecule has 6 heterocycles. The third-order valence-electron chi connectivity index (χ3n) is 11.2. The van der Waals surface area contributed by atoms with E-state index in [1.165, 1.54) is 11.8 Å². The van der Waals surface area contributed by atoms with E-state index >= 15 is 0 Å². The zero-order chi connectivity index (χ0) is 47.6. The molecule has 13 nitrogen and oxygen atoms in total. The Morgan fingerprint density at radius 3 is 1.36 bits per heavy atom. The highest BCUT2D eigenvalue weighted by Gasteiger charge is 2.37. The number of aryl methyl sites for hydroxylation is 1. The van der Waals surface area contributed by atoms with E-state index in [0.717, 1.165) is 44.2 Å². The summed E-state index contributed by atoms with van der Waals surface area (Å²) in [6.07, 6.45) is 9.54. The molecule has 0 aliphatic carbocycles. The molecule has 0 aliphatic heterocycles. The molecule has 9 rings (SSSR count). The number of aromatic nitrogens is 3. The van der Waals surface area contributed by atoms with E-state index in [0.29, 0.717) is 64.1 Å². The zero-order valence-corrected chi connectivity index (χ0v) is 39.0. The molecule has 0 fully saturated rings. The van der Waals surface area contributed by atoms with Crippen molar-refractivity contribution >= 4 is 41.2 Å². The first-order valence-electron chi connectivity index (χ1n) is 21.4. The summed E-state index contributed by atoms with van der Waals surface area (Å²) in [5, 5.41) is 39.3. The number of fused-ring (bicyclic) bond motifs is 3. The van der Waals surface area contributed by atoms with Gasteiger partial charge < -0.3 is 32.3 Å². The molecule has 1 N–H and O–H groups in total. The number of benzene rings is 3. The number of pyridine rings is 3. The van der Waals surface area contributed by atoms with Gasteiger partial charge in [0.1, 0.15) is 77.0 Å². The standard InChI is InChI=1S/C22H26N2O3Si.C16H12N2O3.C15H10N2O/c1-22(2,3)28(4,5)26-11-10-25-18-6-7-20-16(12-18)13-21(27-20)19-8-9-24-15-17(19)14-23;17-9-12-10-18-4-3-14(12)16-8-11-7-13(20-6-5-19)1-2-15(11)21-16;1-10-2-3-14-11(6-10)7-15(18-14)13-4-5-17-9-12(13)8-16/h6-9,12-13,15H,10-11H2,1-5H3;1-4,7-8,10,19H,5-6H2;2-7,9H,1H3. The van der Waals surface area contributed by atoms with E-state index in [9.17, 15) is 5.26 Å². The van der Waals surface area contributed by atoms with Gasteiger partial charge in [-0.15, -0.1) is 0 Å². The van der Waals surface area contributed by atoms with Crippen molar-refractivity contribution in [1.82, 2.24) is 15.0 Å². The molecule has 14 heteroatoms. The summed E-state index contributed by atoms with van der Waals surface area (Å²) in [5.41, 5.74) is 7.17. The Bertz CT molecular complexity index is 3290. The lowest BCUT2D eigenvalue weighted by atomic mass is 10.1. The average Bonchev–Trinajstić information content (AvgIpc) is 4.09. The minimum Gasteiger partial charge on any atom is -0.491 e. The molecule has 0 aliphatic rings. The second kappa shape index (κ2) is 20.8. The Kier molecular flexibility index (Phi) is 14.6. The lowest BCUT2D eigenvalue weighted by Gasteiger charge is -2.36. The van der Waals surface area contributed by atoms with Crippen molar-refractivity contribution in [2.75, 3.05) is 26.4 Å². The summed E-state index contributed by atoms with van der Waals surface area (Å²) >= 11 is 0. The van der Waals surface area contributed by atoms with Gasteiger partial charge in [-0.1, -0.05) is 32.4 Å². The third kappa shape index (κ3) is 11.3. The van der Waals surface area contributed by atoms with Crippen LogP contribution in [0.4, 0.5) is 0 Å². The number of nitrogens with zero attached hydrogens (tertiary/aromatic N) is 6. The van der Waals surface area contributed by atoms with Crippen molar-refractivity contribution < 1.29 is 32.3 Å². The number of ether oxygens (including phenoxy) is 2. The summed E-state index contributed by atoms with van der Waals surface area (Å²) in [6, 6.07) is 34.6. The third-order valence-corrected chi connectivity index (χ3v) is 15.8. The number of rotatable bonds is 11. The second-order valence-electron chi connectivity index (χ2n) is 16.9. The normalized spacial score (nSPS) is 11.2. The number of furan rings is 3. The van der Waals surface area contributed by atoms with Gasteiger partial charge in [0.15, 0.2) is 8.32 Å². The van der Waals surface area contributed by atoms with E-state index in [4.69, 9.17) is 42.8 Å². The smallest absolute Gasteiger partial charge is 0.192 e. The molecule has 0 atom stereocenters. The van der Waals surface area contributed by atoms with Crippen LogP contribution in [0.25, 0.3) is 66.9 Å². The highest BCUT2D eigenvalue weighted by Crippen LogP contribution is 2.37. The van der Waals surface area contributed by atoms with Crippen molar-refractivity contribution in [1.29, 1.82) is 15.8 Å². The summed E-state index contributed by atoms with van der Waals surface area (Å²) < 4.78 is 34.8. The molecule has 0 unspecified atom stereocenters. The predicted molar refractivity (Wildman–Crippen MR) is 258 cm³/mol. The van der Waals surface area contributed by atoms with Gasteiger partial charge in [-0.05, 0) is 110 Å². The van der Waals surface area contributed by atoms with Crippen molar-refractivity contribution in [3.05, 3.63) is 150 Å². The number of hydrogen-bond acceptors (Lipinski definition) is 13. The van der Waals surface area contributed by atoms with Gasteiger partial charge in [-0.3, -0.25) is 15.0 Å². The van der Waals surface area contributed by atoms with Gasteiger partial charge >= 0.3 is 0 Å². The molecule has 0 radical (unpaired) electrons. The fourth-order valence-corrected chi connectivity index (χ4v) is 7.74. The van der Waals surface area contributed by atoms with Crippen LogP contribution in [0.3, 0.4) is 0 Å². The molecule has 0 amide bonds. The van der Waals surface area contributed by atoms with E-state index in [1.54, 1.807) is 61.3 Å². The number of aliphatic hydroxyl groups is 1. The molecule has 336 valence electrons. The molecule has 0 spiro atoms. The second-order valence-corrected chi connectivity index (χ2v) is 21.7. The summed E-state index contributed by atoms with van der Waals surface area (Å²) in [6.45, 7) is 14.5. The first kappa shape index (κ1) is 46.9. The van der Waals surface area contributed by atoms with Gasteiger partial charge in [0.25, 0.3) is 0 Å². The Hall–Kier alpha value is -8.06. The first-order valence-corrected chi connectivity index (χ1v) is 24.3. The molecule has 6 aromatic heterocycles. The molecular formula is C53H48N6O7Si. The summed E-state index contributed by atoms with van der Waals surface area (Å²) in [5.74, 6) is 3.40. The number of aliphatic hydroxyl groups excluding tert-OH is 1. The highest BCUT2D eigenvalue weighted by molar-refractivity contribution is 6.74. The SMILES string of the molecule is CC(C)(C)[Si](C)(C)OCCOc1ccc2oc(-c3ccncc3C#N)cc2c1.Cc1ccc2oc(-c3ccncc3C#N)cc2c1.N#Cc1cnccc1-c1cc2cc(OCCO)ccc2o1. The molecule has 0 bridgehead atoms. The van der Waals surface area contributed by atoms with Gasteiger partial charge in [0.2, 0.25) is 0 Å². The Balaban J connectivity index is 0.000000153. The molecule has 3 aromatic carbocycles. The van der Waals surface area contributed by atoms with Crippen LogP contribution >= 0.6 is 0 Å². The lowest BCUT2D eigenvalue weighted by molar-refractivity contribution is 0.201. The van der Waals surface area contributed by atoms with Crippen LogP contribution in [0.15, 0.2) is 141 Å². The maximum Gasteiger partial charge on any atom is 0.192 e. The minimum atomic E-state index is -1.76. The molecule has 9 aromatic rings. The van der Waals surface area contributed by atoms with Crippen molar-refractivity contribution in [2.45, 2.75) is 45.8 Å². The fourth-order valence-electron chi connectivity index (χ4n) is 6.72. The van der Waals surface area contributed by atoms with Gasteiger partial charge in [0.05, 0.1) is 29.9 Å². The summed E-state index contributed by atoms with van der Waals surface area (Å²) in [4.78, 5) is 11.9. The number of hydrogen-bond donors (Lipinski definition) is 1. The van der Waals surface area contributed by atoms with Crippen molar-refractivity contribution in [3.8, 4) is 63.7 Å². The monoisotopic (exact) mass is 908 g/mol. The predicted octanol–water partition coefficient (Wildman–Crippen LogP) is 12.2. The summed E-state index contributed by atoms with van der Waals surface area (Å²) in [7, 11) is -1.76. The van der Waals surface area contributed by atoms with Gasteiger partial charge in [-0.25, -0.2) is 0 Å². The van der Waals surface area contributed by atoms with Gasteiger partial charge in [0, 0.05) is 70.0 Å². The van der Waals surface area contributed by atoms with E-state index in [1.807, 2.05) is 61.5 Å². The van der Waals surface area contributed by atoms with Crippen LogP contribution < -0.4 is 9.47 Å². The van der Waals surface area contributed by atoms with Crippen LogP contribution in [-0.4, -0.2) is 54.8 Å². The van der Waals surface area contributed by atoms with Gasteiger partial charge in [-0.2, -0.15) is 15.8 Å².